The molecule has 0 radical (unpaired) electrons. The van der Waals surface area contributed by atoms with Crippen molar-refractivity contribution in [3.05, 3.63) is 0 Å². The number of carbonyl (C=O) groups excluding carboxylic acids is 3. The summed E-state index contributed by atoms with van der Waals surface area (Å²) in [7, 11) is 2.05. The van der Waals surface area contributed by atoms with E-state index in [1.165, 1.54) is 103 Å². The number of likely N-dealkylation sites (N-methyl/N-ethyl adjacent to an activating group) is 1. The van der Waals surface area contributed by atoms with Gasteiger partial charge < -0.3 is 19.1 Å². The molecule has 56 heavy (non-hydrogen) atoms. The molecule has 7 heteroatoms. The average molecular weight is 794 g/mol. The molecule has 0 amide bonds. The number of hydrogen-bond donors (Lipinski definition) is 0. The Bertz CT molecular complexity index is 861. The number of esters is 3. The van der Waals surface area contributed by atoms with E-state index in [0.29, 0.717) is 44.5 Å². The van der Waals surface area contributed by atoms with Crippen molar-refractivity contribution in [2.45, 2.75) is 240 Å². The largest absolute Gasteiger partial charge is 0.466 e. The van der Waals surface area contributed by atoms with Gasteiger partial charge in [-0.2, -0.15) is 0 Å². The molecule has 0 aromatic heterocycles. The van der Waals surface area contributed by atoms with Crippen molar-refractivity contribution in [2.24, 2.45) is 17.8 Å². The SMILES string of the molecule is CCCCCC(CCCCC)CCOC(=O)CCCCCCCCC(CCCCCCC(=O)OCCC(CCCCC)CCCCC)C(=O)OCCN(C)CC. The zero-order chi connectivity index (χ0) is 41.3. The molecule has 0 saturated heterocycles. The first kappa shape index (κ1) is 54.4. The van der Waals surface area contributed by atoms with E-state index in [0.717, 1.165) is 103 Å². The standard InChI is InChI=1S/C49H95NO6/c1-7-12-22-30-44(31-23-13-8-2)38-41-54-47(51)36-28-19-17-16-18-26-34-46(49(53)56-43-40-50(6)11-5)35-27-20-21-29-37-48(52)55-42-39-45(32-24-14-9-3)33-25-15-10-4/h44-46H,7-43H2,1-6H3. The fourth-order valence-electron chi connectivity index (χ4n) is 7.76. The van der Waals surface area contributed by atoms with E-state index in [1.807, 2.05) is 7.05 Å². The molecule has 0 aliphatic carbocycles. The minimum Gasteiger partial charge on any atom is -0.466 e. The predicted octanol–water partition coefficient (Wildman–Crippen LogP) is 14.0. The lowest BCUT2D eigenvalue weighted by Crippen LogP contribution is -2.26. The summed E-state index contributed by atoms with van der Waals surface area (Å²) in [6.45, 7) is 14.4. The van der Waals surface area contributed by atoms with Gasteiger partial charge in [-0.3, -0.25) is 14.4 Å². The number of hydrogen-bond acceptors (Lipinski definition) is 7. The topological polar surface area (TPSA) is 82.1 Å². The van der Waals surface area contributed by atoms with Crippen molar-refractivity contribution < 1.29 is 28.6 Å². The minimum absolute atomic E-state index is 0.0352. The van der Waals surface area contributed by atoms with Crippen molar-refractivity contribution in [2.75, 3.05) is 40.0 Å². The Hall–Kier alpha value is -1.63. The minimum atomic E-state index is -0.0565. The van der Waals surface area contributed by atoms with E-state index < -0.39 is 0 Å². The molecule has 0 saturated carbocycles. The highest BCUT2D eigenvalue weighted by Gasteiger charge is 2.20. The smallest absolute Gasteiger partial charge is 0.308 e. The molecule has 332 valence electrons. The Balaban J connectivity index is 4.37. The van der Waals surface area contributed by atoms with E-state index in [-0.39, 0.29) is 23.8 Å². The van der Waals surface area contributed by atoms with Crippen molar-refractivity contribution >= 4 is 17.9 Å². The van der Waals surface area contributed by atoms with Gasteiger partial charge in [-0.1, -0.05) is 189 Å². The van der Waals surface area contributed by atoms with Crippen LogP contribution < -0.4 is 0 Å². The van der Waals surface area contributed by atoms with Crippen LogP contribution in [0.1, 0.15) is 240 Å². The fraction of sp³-hybridized carbons (Fsp3) is 0.939. The van der Waals surface area contributed by atoms with E-state index in [9.17, 15) is 14.4 Å². The van der Waals surface area contributed by atoms with Crippen LogP contribution in [0.2, 0.25) is 0 Å². The second-order valence-corrected chi connectivity index (χ2v) is 17.1. The van der Waals surface area contributed by atoms with Gasteiger partial charge in [-0.25, -0.2) is 0 Å². The summed E-state index contributed by atoms with van der Waals surface area (Å²) >= 11 is 0. The summed E-state index contributed by atoms with van der Waals surface area (Å²) < 4.78 is 17.0. The van der Waals surface area contributed by atoms with Crippen LogP contribution in [0.5, 0.6) is 0 Å². The molecule has 0 aromatic rings. The van der Waals surface area contributed by atoms with E-state index in [2.05, 4.69) is 39.5 Å². The molecular weight excluding hydrogens is 699 g/mol. The zero-order valence-corrected chi connectivity index (χ0v) is 38.3. The van der Waals surface area contributed by atoms with Gasteiger partial charge in [0.25, 0.3) is 0 Å². The van der Waals surface area contributed by atoms with Gasteiger partial charge in [0.2, 0.25) is 0 Å². The summed E-state index contributed by atoms with van der Waals surface area (Å²) in [6.07, 6.45) is 35.3. The number of carbonyl (C=O) groups is 3. The van der Waals surface area contributed by atoms with Crippen molar-refractivity contribution in [1.82, 2.24) is 4.90 Å². The normalized spacial score (nSPS) is 12.2. The van der Waals surface area contributed by atoms with E-state index in [4.69, 9.17) is 14.2 Å². The first-order valence-corrected chi connectivity index (χ1v) is 24.5. The number of ether oxygens (including phenoxy) is 3. The number of rotatable bonds is 43. The lowest BCUT2D eigenvalue weighted by atomic mass is 9.92. The Morgan fingerprint density at radius 2 is 0.768 bits per heavy atom. The summed E-state index contributed by atoms with van der Waals surface area (Å²) in [5.74, 6) is 1.18. The van der Waals surface area contributed by atoms with Crippen LogP contribution in [0.25, 0.3) is 0 Å². The van der Waals surface area contributed by atoms with Crippen molar-refractivity contribution in [3.8, 4) is 0 Å². The lowest BCUT2D eigenvalue weighted by molar-refractivity contribution is -0.149. The molecule has 0 heterocycles. The third-order valence-corrected chi connectivity index (χ3v) is 11.9. The fourth-order valence-corrected chi connectivity index (χ4v) is 7.76. The number of nitrogens with zero attached hydrogens (tertiary/aromatic N) is 1. The van der Waals surface area contributed by atoms with E-state index >= 15 is 0 Å². The summed E-state index contributed by atoms with van der Waals surface area (Å²) in [6, 6.07) is 0. The Labute approximate surface area is 348 Å². The summed E-state index contributed by atoms with van der Waals surface area (Å²) in [4.78, 5) is 40.0. The Morgan fingerprint density at radius 1 is 0.411 bits per heavy atom. The summed E-state index contributed by atoms with van der Waals surface area (Å²) in [5, 5.41) is 0. The van der Waals surface area contributed by atoms with Crippen LogP contribution in [0.3, 0.4) is 0 Å². The van der Waals surface area contributed by atoms with Crippen LogP contribution >= 0.6 is 0 Å². The first-order valence-electron chi connectivity index (χ1n) is 24.5. The maximum absolute atomic E-state index is 13.1. The van der Waals surface area contributed by atoms with Crippen molar-refractivity contribution in [1.29, 1.82) is 0 Å². The molecule has 7 nitrogen and oxygen atoms in total. The van der Waals surface area contributed by atoms with Crippen LogP contribution in [0, 0.1) is 17.8 Å². The van der Waals surface area contributed by atoms with Gasteiger partial charge >= 0.3 is 17.9 Å². The second kappa shape index (κ2) is 41.5. The number of unbranched alkanes of at least 4 members (excludes halogenated alkanes) is 16. The van der Waals surface area contributed by atoms with Crippen LogP contribution in [0.15, 0.2) is 0 Å². The molecule has 0 aliphatic heterocycles. The highest BCUT2D eigenvalue weighted by molar-refractivity contribution is 5.72. The average Bonchev–Trinajstić information content (AvgIpc) is 3.19. The first-order chi connectivity index (χ1) is 27.3. The van der Waals surface area contributed by atoms with Gasteiger partial charge in [-0.05, 0) is 64.0 Å². The van der Waals surface area contributed by atoms with Gasteiger partial charge in [0.15, 0.2) is 0 Å². The van der Waals surface area contributed by atoms with Gasteiger partial charge in [0.05, 0.1) is 19.1 Å². The van der Waals surface area contributed by atoms with Crippen LogP contribution in [-0.2, 0) is 28.6 Å². The molecule has 0 bridgehead atoms. The maximum Gasteiger partial charge on any atom is 0.308 e. The summed E-state index contributed by atoms with van der Waals surface area (Å²) in [5.41, 5.74) is 0. The maximum atomic E-state index is 13.1. The molecule has 0 fully saturated rings. The second-order valence-electron chi connectivity index (χ2n) is 17.1. The quantitative estimate of drug-likeness (QED) is 0.0345. The lowest BCUT2D eigenvalue weighted by Gasteiger charge is -2.18. The molecule has 0 rings (SSSR count). The molecule has 0 N–H and O–H groups in total. The Morgan fingerprint density at radius 3 is 1.14 bits per heavy atom. The van der Waals surface area contributed by atoms with Gasteiger partial charge in [0, 0.05) is 19.4 Å². The molecule has 0 spiro atoms. The third kappa shape index (κ3) is 35.5. The highest BCUT2D eigenvalue weighted by atomic mass is 16.5. The van der Waals surface area contributed by atoms with Crippen molar-refractivity contribution in [3.63, 3.8) is 0 Å². The Kier molecular flexibility index (Phi) is 40.3. The monoisotopic (exact) mass is 794 g/mol. The highest BCUT2D eigenvalue weighted by Crippen LogP contribution is 2.24. The molecule has 0 aromatic carbocycles. The molecule has 0 aliphatic rings. The third-order valence-electron chi connectivity index (χ3n) is 11.9. The zero-order valence-electron chi connectivity index (χ0n) is 38.3. The van der Waals surface area contributed by atoms with E-state index in [1.54, 1.807) is 0 Å². The van der Waals surface area contributed by atoms with Gasteiger partial charge in [0.1, 0.15) is 6.61 Å². The molecular formula is C49H95NO6. The molecule has 1 unspecified atom stereocenters. The van der Waals surface area contributed by atoms with Crippen LogP contribution in [0.4, 0.5) is 0 Å². The predicted molar refractivity (Wildman–Crippen MR) is 237 cm³/mol. The van der Waals surface area contributed by atoms with Crippen LogP contribution in [-0.4, -0.2) is 62.8 Å². The van der Waals surface area contributed by atoms with Gasteiger partial charge in [-0.15, -0.1) is 0 Å². The molecule has 1 atom stereocenters.